The molecule has 1 aliphatic rings. The molecule has 2 N–H and O–H groups in total. The Morgan fingerprint density at radius 3 is 2.61 bits per heavy atom. The van der Waals surface area contributed by atoms with Crippen LogP contribution < -0.4 is 5.32 Å². The number of nitrogens with one attached hydrogen (secondary N) is 1. The zero-order chi connectivity index (χ0) is 13.8. The summed E-state index contributed by atoms with van der Waals surface area (Å²) < 4.78 is 23.4. The smallest absolute Gasteiger partial charge is 0.326 e. The normalized spacial score (nSPS) is 23.9. The first-order valence-electron chi connectivity index (χ1n) is 5.74. The second-order valence-corrected chi connectivity index (χ2v) is 6.58. The zero-order valence-electron chi connectivity index (χ0n) is 9.96. The number of aliphatic carboxylic acids is 1. The summed E-state index contributed by atoms with van der Waals surface area (Å²) >= 11 is 0. The van der Waals surface area contributed by atoms with Crippen molar-refractivity contribution in [1.82, 2.24) is 5.32 Å². The summed E-state index contributed by atoms with van der Waals surface area (Å²) in [6.07, 6.45) is 2.91. The molecular weight excluding hydrogens is 258 g/mol. The Bertz CT molecular complexity index is 442. The van der Waals surface area contributed by atoms with Crippen molar-refractivity contribution in [3.05, 3.63) is 12.7 Å². The minimum absolute atomic E-state index is 0.00964. The molecule has 1 fully saturated rings. The van der Waals surface area contributed by atoms with Crippen molar-refractivity contribution >= 4 is 21.7 Å². The van der Waals surface area contributed by atoms with Gasteiger partial charge in [0.25, 0.3) is 0 Å². The number of carbonyl (C=O) groups excluding carboxylic acids is 1. The van der Waals surface area contributed by atoms with Gasteiger partial charge in [-0.1, -0.05) is 12.5 Å². The third-order valence-electron chi connectivity index (χ3n) is 2.89. The Labute approximate surface area is 106 Å². The van der Waals surface area contributed by atoms with Crippen molar-refractivity contribution < 1.29 is 23.1 Å². The summed E-state index contributed by atoms with van der Waals surface area (Å²) in [6, 6.07) is -1.12. The maximum absolute atomic E-state index is 11.8. The SMILES string of the molecule is C=CCC(NC(=O)C1CCCCS1(=O)=O)C(=O)O. The lowest BCUT2D eigenvalue weighted by Gasteiger charge is -2.23. The largest absolute Gasteiger partial charge is 0.480 e. The maximum Gasteiger partial charge on any atom is 0.326 e. The standard InChI is InChI=1S/C11H17NO5S/c1-2-5-8(11(14)15)12-10(13)9-6-3-4-7-18(9,16)17/h2,8-9H,1,3-7H2,(H,12,13)(H,14,15). The van der Waals surface area contributed by atoms with Crippen molar-refractivity contribution in [2.75, 3.05) is 5.75 Å². The number of carboxylic acid groups (broad SMARTS) is 1. The van der Waals surface area contributed by atoms with Gasteiger partial charge in [-0.05, 0) is 19.3 Å². The second-order valence-electron chi connectivity index (χ2n) is 4.28. The van der Waals surface area contributed by atoms with Crippen LogP contribution in [0.5, 0.6) is 0 Å². The van der Waals surface area contributed by atoms with Gasteiger partial charge >= 0.3 is 5.97 Å². The van der Waals surface area contributed by atoms with E-state index in [-0.39, 0.29) is 18.6 Å². The average molecular weight is 275 g/mol. The second kappa shape index (κ2) is 5.99. The van der Waals surface area contributed by atoms with E-state index in [0.717, 1.165) is 0 Å². The molecule has 0 aromatic carbocycles. The Balaban J connectivity index is 2.74. The molecule has 6 nitrogen and oxygen atoms in total. The predicted octanol–water partition coefficient (Wildman–Crippen LogP) is 0.0992. The van der Waals surface area contributed by atoms with Gasteiger partial charge in [0.2, 0.25) is 5.91 Å². The van der Waals surface area contributed by atoms with Gasteiger partial charge in [0.1, 0.15) is 11.3 Å². The van der Waals surface area contributed by atoms with Gasteiger partial charge in [-0.3, -0.25) is 4.79 Å². The molecular formula is C11H17NO5S. The highest BCUT2D eigenvalue weighted by atomic mass is 32.2. The van der Waals surface area contributed by atoms with E-state index in [9.17, 15) is 18.0 Å². The van der Waals surface area contributed by atoms with E-state index in [1.54, 1.807) is 0 Å². The zero-order valence-corrected chi connectivity index (χ0v) is 10.8. The summed E-state index contributed by atoms with van der Waals surface area (Å²) in [5.41, 5.74) is 0. The number of hydrogen-bond acceptors (Lipinski definition) is 4. The molecule has 0 spiro atoms. The van der Waals surface area contributed by atoms with Crippen LogP contribution in [0.2, 0.25) is 0 Å². The molecule has 7 heteroatoms. The van der Waals surface area contributed by atoms with Crippen LogP contribution in [-0.2, 0) is 19.4 Å². The minimum atomic E-state index is -3.44. The third kappa shape index (κ3) is 3.56. The Morgan fingerprint density at radius 1 is 1.44 bits per heavy atom. The first-order valence-corrected chi connectivity index (χ1v) is 7.45. The van der Waals surface area contributed by atoms with E-state index in [1.165, 1.54) is 6.08 Å². The van der Waals surface area contributed by atoms with E-state index < -0.39 is 33.0 Å². The monoisotopic (exact) mass is 275 g/mol. The van der Waals surface area contributed by atoms with Crippen LogP contribution in [0.1, 0.15) is 25.7 Å². The summed E-state index contributed by atoms with van der Waals surface area (Å²) in [5.74, 6) is -1.93. The van der Waals surface area contributed by atoms with E-state index in [2.05, 4.69) is 11.9 Å². The first-order chi connectivity index (χ1) is 8.38. The minimum Gasteiger partial charge on any atom is -0.480 e. The molecule has 0 aromatic rings. The Hall–Kier alpha value is -1.37. The first kappa shape index (κ1) is 14.7. The molecule has 18 heavy (non-hydrogen) atoms. The van der Waals surface area contributed by atoms with Crippen LogP contribution in [0.4, 0.5) is 0 Å². The van der Waals surface area contributed by atoms with Gasteiger partial charge in [0.05, 0.1) is 5.75 Å². The predicted molar refractivity (Wildman–Crippen MR) is 65.8 cm³/mol. The van der Waals surface area contributed by atoms with Gasteiger partial charge in [-0.2, -0.15) is 0 Å². The topological polar surface area (TPSA) is 101 Å². The highest BCUT2D eigenvalue weighted by Gasteiger charge is 2.36. The van der Waals surface area contributed by atoms with E-state index in [1.807, 2.05) is 0 Å². The van der Waals surface area contributed by atoms with Gasteiger partial charge < -0.3 is 10.4 Å². The molecule has 0 bridgehead atoms. The van der Waals surface area contributed by atoms with E-state index in [0.29, 0.717) is 12.8 Å². The number of hydrogen-bond donors (Lipinski definition) is 2. The molecule has 1 heterocycles. The molecule has 1 rings (SSSR count). The number of carboxylic acids is 1. The van der Waals surface area contributed by atoms with Gasteiger partial charge in [0, 0.05) is 0 Å². The van der Waals surface area contributed by atoms with Crippen LogP contribution in [0, 0.1) is 0 Å². The maximum atomic E-state index is 11.8. The van der Waals surface area contributed by atoms with Crippen molar-refractivity contribution in [2.45, 2.75) is 37.0 Å². The van der Waals surface area contributed by atoms with Crippen LogP contribution in [0.15, 0.2) is 12.7 Å². The summed E-state index contributed by atoms with van der Waals surface area (Å²) in [6.45, 7) is 3.40. The van der Waals surface area contributed by atoms with Crippen molar-refractivity contribution in [2.24, 2.45) is 0 Å². The molecule has 1 saturated heterocycles. The third-order valence-corrected chi connectivity index (χ3v) is 5.06. The summed E-state index contributed by atoms with van der Waals surface area (Å²) in [7, 11) is -3.44. The van der Waals surface area contributed by atoms with Crippen molar-refractivity contribution in [3.8, 4) is 0 Å². The number of rotatable bonds is 5. The fourth-order valence-electron chi connectivity index (χ4n) is 1.90. The molecule has 1 amide bonds. The average Bonchev–Trinajstić information content (AvgIpc) is 2.27. The molecule has 102 valence electrons. The summed E-state index contributed by atoms with van der Waals surface area (Å²) in [5, 5.41) is 10.0. The van der Waals surface area contributed by atoms with Crippen LogP contribution in [0.3, 0.4) is 0 Å². The van der Waals surface area contributed by atoms with Gasteiger partial charge in [-0.25, -0.2) is 13.2 Å². The highest BCUT2D eigenvalue weighted by molar-refractivity contribution is 7.92. The number of amides is 1. The fourth-order valence-corrected chi connectivity index (χ4v) is 3.71. The van der Waals surface area contributed by atoms with Crippen molar-refractivity contribution in [3.63, 3.8) is 0 Å². The van der Waals surface area contributed by atoms with Crippen LogP contribution in [-0.4, -0.2) is 42.4 Å². The molecule has 2 atom stereocenters. The van der Waals surface area contributed by atoms with Crippen molar-refractivity contribution in [1.29, 1.82) is 0 Å². The van der Waals surface area contributed by atoms with Gasteiger partial charge in [0.15, 0.2) is 9.84 Å². The van der Waals surface area contributed by atoms with Gasteiger partial charge in [-0.15, -0.1) is 6.58 Å². The van der Waals surface area contributed by atoms with E-state index >= 15 is 0 Å². The summed E-state index contributed by atoms with van der Waals surface area (Å²) in [4.78, 5) is 22.7. The number of sulfone groups is 1. The molecule has 0 aliphatic carbocycles. The lowest BCUT2D eigenvalue weighted by atomic mass is 10.1. The lowest BCUT2D eigenvalue weighted by Crippen LogP contribution is -2.49. The Kier molecular flexibility index (Phi) is 4.89. The number of carbonyl (C=O) groups is 2. The molecule has 1 aliphatic heterocycles. The molecule has 0 radical (unpaired) electrons. The lowest BCUT2D eigenvalue weighted by molar-refractivity contribution is -0.141. The highest BCUT2D eigenvalue weighted by Crippen LogP contribution is 2.19. The van der Waals surface area contributed by atoms with Crippen LogP contribution >= 0.6 is 0 Å². The fraction of sp³-hybridized carbons (Fsp3) is 0.636. The quantitative estimate of drug-likeness (QED) is 0.693. The molecule has 2 unspecified atom stereocenters. The molecule has 0 aromatic heterocycles. The van der Waals surface area contributed by atoms with E-state index in [4.69, 9.17) is 5.11 Å². The van der Waals surface area contributed by atoms with Crippen LogP contribution in [0.25, 0.3) is 0 Å². The Morgan fingerprint density at radius 2 is 2.11 bits per heavy atom. The molecule has 0 saturated carbocycles.